The molecule has 3 rings (SSSR count). The molecule has 1 aromatic carbocycles. The number of benzene rings is 1. The normalized spacial score (nSPS) is 29.4. The molecule has 0 aromatic heterocycles. The molecule has 1 saturated carbocycles. The van der Waals surface area contributed by atoms with Crippen LogP contribution < -0.4 is 5.32 Å². The fourth-order valence-electron chi connectivity index (χ4n) is 3.72. The molecule has 20 heavy (non-hydrogen) atoms. The van der Waals surface area contributed by atoms with Gasteiger partial charge in [-0.05, 0) is 67.5 Å². The lowest BCUT2D eigenvalue weighted by molar-refractivity contribution is 0.394. The van der Waals surface area contributed by atoms with Crippen LogP contribution in [0.4, 0.5) is 0 Å². The zero-order valence-electron chi connectivity index (χ0n) is 12.3. The molecular formula is C17H25NOS. The van der Waals surface area contributed by atoms with E-state index in [9.17, 15) is 5.11 Å². The van der Waals surface area contributed by atoms with Crippen molar-refractivity contribution < 1.29 is 5.11 Å². The highest BCUT2D eigenvalue weighted by atomic mass is 32.2. The van der Waals surface area contributed by atoms with E-state index in [4.69, 9.17) is 0 Å². The number of nitrogens with one attached hydrogen (secondary N) is 1. The Balaban J connectivity index is 1.66. The summed E-state index contributed by atoms with van der Waals surface area (Å²) in [5, 5.41) is 14.5. The second-order valence-corrected chi connectivity index (χ2v) is 7.66. The molecule has 0 amide bonds. The minimum Gasteiger partial charge on any atom is -0.508 e. The first-order valence-electron chi connectivity index (χ1n) is 7.95. The second-order valence-electron chi connectivity index (χ2n) is 6.08. The van der Waals surface area contributed by atoms with Gasteiger partial charge in [-0.1, -0.05) is 13.0 Å². The van der Waals surface area contributed by atoms with Gasteiger partial charge in [0.1, 0.15) is 5.75 Å². The molecule has 2 aliphatic carbocycles. The highest BCUT2D eigenvalue weighted by Gasteiger charge is 2.28. The summed E-state index contributed by atoms with van der Waals surface area (Å²) in [5.74, 6) is 1.64. The van der Waals surface area contributed by atoms with Gasteiger partial charge < -0.3 is 10.4 Å². The Morgan fingerprint density at radius 3 is 3.05 bits per heavy atom. The Kier molecular flexibility index (Phi) is 4.57. The van der Waals surface area contributed by atoms with E-state index in [-0.39, 0.29) is 0 Å². The van der Waals surface area contributed by atoms with Crippen LogP contribution in [-0.2, 0) is 6.42 Å². The summed E-state index contributed by atoms with van der Waals surface area (Å²) in [6.45, 7) is 2.26. The summed E-state index contributed by atoms with van der Waals surface area (Å²) in [6.07, 6.45) is 7.60. The van der Waals surface area contributed by atoms with E-state index in [1.165, 1.54) is 49.0 Å². The van der Waals surface area contributed by atoms with Crippen molar-refractivity contribution in [1.29, 1.82) is 0 Å². The van der Waals surface area contributed by atoms with Crippen molar-refractivity contribution in [3.8, 4) is 5.75 Å². The highest BCUT2D eigenvalue weighted by Crippen LogP contribution is 2.35. The third kappa shape index (κ3) is 3.15. The lowest BCUT2D eigenvalue weighted by atomic mass is 9.87. The number of thioether (sulfide) groups is 1. The van der Waals surface area contributed by atoms with Crippen molar-refractivity contribution in [2.45, 2.75) is 62.8 Å². The Labute approximate surface area is 126 Å². The summed E-state index contributed by atoms with van der Waals surface area (Å²) in [7, 11) is 0. The first-order chi connectivity index (χ1) is 9.76. The fourth-order valence-corrected chi connectivity index (χ4v) is 4.87. The third-order valence-electron chi connectivity index (χ3n) is 4.67. The van der Waals surface area contributed by atoms with Gasteiger partial charge in [0.25, 0.3) is 0 Å². The maximum Gasteiger partial charge on any atom is 0.115 e. The minimum absolute atomic E-state index is 0.406. The van der Waals surface area contributed by atoms with Crippen LogP contribution in [0.25, 0.3) is 0 Å². The van der Waals surface area contributed by atoms with E-state index in [0.717, 1.165) is 11.7 Å². The number of phenols is 1. The van der Waals surface area contributed by atoms with Gasteiger partial charge in [-0.15, -0.1) is 0 Å². The van der Waals surface area contributed by atoms with Crippen molar-refractivity contribution >= 4 is 11.8 Å². The predicted molar refractivity (Wildman–Crippen MR) is 86.5 cm³/mol. The van der Waals surface area contributed by atoms with Crippen molar-refractivity contribution in [2.24, 2.45) is 0 Å². The first kappa shape index (κ1) is 14.3. The van der Waals surface area contributed by atoms with E-state index < -0.39 is 0 Å². The predicted octanol–water partition coefficient (Wildman–Crippen LogP) is 4.03. The van der Waals surface area contributed by atoms with Crippen LogP contribution in [0.5, 0.6) is 5.75 Å². The Hall–Kier alpha value is -0.670. The molecule has 2 nitrogen and oxygen atoms in total. The molecule has 3 unspecified atom stereocenters. The average molecular weight is 291 g/mol. The molecular weight excluding hydrogens is 266 g/mol. The van der Waals surface area contributed by atoms with Crippen molar-refractivity contribution in [3.63, 3.8) is 0 Å². The SMILES string of the molecule is CCSC1CCC(NC2CCCc3ccc(O)cc32)C1. The molecule has 0 aliphatic heterocycles. The largest absolute Gasteiger partial charge is 0.508 e. The molecule has 3 atom stereocenters. The summed E-state index contributed by atoms with van der Waals surface area (Å²) in [4.78, 5) is 0. The molecule has 0 heterocycles. The zero-order valence-corrected chi connectivity index (χ0v) is 13.1. The Bertz CT molecular complexity index is 462. The topological polar surface area (TPSA) is 32.3 Å². The number of phenolic OH excluding ortho intramolecular Hbond substituents is 1. The van der Waals surface area contributed by atoms with Gasteiger partial charge in [-0.25, -0.2) is 0 Å². The third-order valence-corrected chi connectivity index (χ3v) is 5.90. The van der Waals surface area contributed by atoms with Crippen LogP contribution in [0.2, 0.25) is 0 Å². The standard InChI is InChI=1S/C17H25NOS/c1-2-20-15-9-7-13(10-15)18-17-5-3-4-12-6-8-14(19)11-16(12)17/h6,8,11,13,15,17-19H,2-5,7,9-10H2,1H3. The summed E-state index contributed by atoms with van der Waals surface area (Å²) in [6, 6.07) is 7.01. The van der Waals surface area contributed by atoms with Gasteiger partial charge in [0.2, 0.25) is 0 Å². The summed E-state index contributed by atoms with van der Waals surface area (Å²) >= 11 is 2.11. The lowest BCUT2D eigenvalue weighted by Crippen LogP contribution is -2.33. The van der Waals surface area contributed by atoms with Gasteiger partial charge in [-0.3, -0.25) is 0 Å². The molecule has 0 saturated heterocycles. The minimum atomic E-state index is 0.406. The van der Waals surface area contributed by atoms with Crippen LogP contribution in [0, 0.1) is 0 Å². The Morgan fingerprint density at radius 2 is 2.20 bits per heavy atom. The van der Waals surface area contributed by atoms with Crippen LogP contribution in [0.3, 0.4) is 0 Å². The van der Waals surface area contributed by atoms with E-state index in [1.54, 1.807) is 0 Å². The van der Waals surface area contributed by atoms with Crippen LogP contribution in [-0.4, -0.2) is 22.2 Å². The van der Waals surface area contributed by atoms with Crippen LogP contribution >= 0.6 is 11.8 Å². The highest BCUT2D eigenvalue weighted by molar-refractivity contribution is 7.99. The molecule has 0 bridgehead atoms. The monoisotopic (exact) mass is 291 g/mol. The van der Waals surface area contributed by atoms with Crippen molar-refractivity contribution in [1.82, 2.24) is 5.32 Å². The Morgan fingerprint density at radius 1 is 1.30 bits per heavy atom. The van der Waals surface area contributed by atoms with E-state index in [0.29, 0.717) is 17.8 Å². The molecule has 1 fully saturated rings. The fraction of sp³-hybridized carbons (Fsp3) is 0.647. The molecule has 110 valence electrons. The van der Waals surface area contributed by atoms with E-state index in [2.05, 4.69) is 30.1 Å². The molecule has 0 spiro atoms. The summed E-state index contributed by atoms with van der Waals surface area (Å²) < 4.78 is 0. The lowest BCUT2D eigenvalue weighted by Gasteiger charge is -2.29. The number of hydrogen-bond donors (Lipinski definition) is 2. The van der Waals surface area contributed by atoms with E-state index >= 15 is 0 Å². The maximum absolute atomic E-state index is 9.75. The number of aromatic hydroxyl groups is 1. The molecule has 2 N–H and O–H groups in total. The van der Waals surface area contributed by atoms with Crippen molar-refractivity contribution in [2.75, 3.05) is 5.75 Å². The van der Waals surface area contributed by atoms with Crippen molar-refractivity contribution in [3.05, 3.63) is 29.3 Å². The van der Waals surface area contributed by atoms with Gasteiger partial charge in [-0.2, -0.15) is 11.8 Å². The smallest absolute Gasteiger partial charge is 0.115 e. The number of aryl methyl sites for hydroxylation is 1. The molecule has 2 aliphatic rings. The first-order valence-corrected chi connectivity index (χ1v) is 9.00. The number of hydrogen-bond acceptors (Lipinski definition) is 3. The van der Waals surface area contributed by atoms with Crippen LogP contribution in [0.15, 0.2) is 18.2 Å². The maximum atomic E-state index is 9.75. The van der Waals surface area contributed by atoms with E-state index in [1.807, 2.05) is 12.1 Å². The van der Waals surface area contributed by atoms with Gasteiger partial charge in [0, 0.05) is 17.3 Å². The van der Waals surface area contributed by atoms with Gasteiger partial charge in [0.05, 0.1) is 0 Å². The summed E-state index contributed by atoms with van der Waals surface area (Å²) in [5.41, 5.74) is 2.76. The molecule has 0 radical (unpaired) electrons. The molecule has 1 aromatic rings. The van der Waals surface area contributed by atoms with Gasteiger partial charge >= 0.3 is 0 Å². The van der Waals surface area contributed by atoms with Crippen LogP contribution in [0.1, 0.15) is 56.2 Å². The zero-order chi connectivity index (χ0) is 13.9. The average Bonchev–Trinajstić information content (AvgIpc) is 2.87. The second kappa shape index (κ2) is 6.40. The molecule has 3 heteroatoms. The number of fused-ring (bicyclic) bond motifs is 1. The van der Waals surface area contributed by atoms with Gasteiger partial charge in [0.15, 0.2) is 0 Å². The number of rotatable bonds is 4. The quantitative estimate of drug-likeness (QED) is 0.878.